The molecule has 1 aromatic heterocycles. The van der Waals surface area contributed by atoms with Crippen molar-refractivity contribution in [2.24, 2.45) is 0 Å². The largest absolute Gasteiger partial charge is 0.444 e. The lowest BCUT2D eigenvalue weighted by Gasteiger charge is -2.23. The summed E-state index contributed by atoms with van der Waals surface area (Å²) >= 11 is 0. The van der Waals surface area contributed by atoms with Crippen molar-refractivity contribution in [3.05, 3.63) is 11.8 Å². The third kappa shape index (κ3) is 4.40. The van der Waals surface area contributed by atoms with Crippen LogP contribution in [0.5, 0.6) is 0 Å². The standard InChI is InChI=1S/C16H27N5O2/c1-10-8-12(13(17)14(18-5)19-10)21-7-6-11(9-21)23-15(22)20-16(2,3)4/h8,11H,6-7,9,17H2,1-5H3,(H,18,19)(H,20,22). The molecule has 1 atom stereocenters. The van der Waals surface area contributed by atoms with Crippen molar-refractivity contribution in [3.63, 3.8) is 0 Å². The van der Waals surface area contributed by atoms with E-state index in [1.54, 1.807) is 7.05 Å². The maximum Gasteiger partial charge on any atom is 0.407 e. The number of hydrogen-bond donors (Lipinski definition) is 3. The molecule has 128 valence electrons. The van der Waals surface area contributed by atoms with Crippen LogP contribution in [0.1, 0.15) is 32.9 Å². The van der Waals surface area contributed by atoms with E-state index in [9.17, 15) is 4.79 Å². The summed E-state index contributed by atoms with van der Waals surface area (Å²) in [5.41, 5.74) is 8.34. The molecule has 1 aliphatic rings. The lowest BCUT2D eigenvalue weighted by molar-refractivity contribution is 0.101. The van der Waals surface area contributed by atoms with Crippen LogP contribution in [0, 0.1) is 6.92 Å². The third-order valence-electron chi connectivity index (χ3n) is 3.64. The van der Waals surface area contributed by atoms with E-state index in [-0.39, 0.29) is 17.7 Å². The molecular formula is C16H27N5O2. The monoisotopic (exact) mass is 321 g/mol. The Balaban J connectivity index is 2.03. The number of amides is 1. The van der Waals surface area contributed by atoms with Crippen molar-refractivity contribution in [1.82, 2.24) is 10.3 Å². The highest BCUT2D eigenvalue weighted by Gasteiger charge is 2.28. The van der Waals surface area contributed by atoms with E-state index in [1.807, 2.05) is 33.8 Å². The van der Waals surface area contributed by atoms with Gasteiger partial charge in [0.2, 0.25) is 0 Å². The highest BCUT2D eigenvalue weighted by Crippen LogP contribution is 2.32. The number of anilines is 3. The van der Waals surface area contributed by atoms with Gasteiger partial charge in [0.25, 0.3) is 0 Å². The number of nitrogens with zero attached hydrogens (tertiary/aromatic N) is 2. The maximum absolute atomic E-state index is 11.9. The molecule has 1 amide bonds. The second-order valence-corrected chi connectivity index (χ2v) is 6.93. The SMILES string of the molecule is CNc1nc(C)cc(N2CCC(OC(=O)NC(C)(C)C)C2)c1N. The Bertz CT molecular complexity index is 583. The van der Waals surface area contributed by atoms with Gasteiger partial charge in [-0.15, -0.1) is 0 Å². The Morgan fingerprint density at radius 1 is 1.48 bits per heavy atom. The molecule has 1 aromatic rings. The zero-order valence-corrected chi connectivity index (χ0v) is 14.6. The van der Waals surface area contributed by atoms with Crippen LogP contribution in [0.15, 0.2) is 6.07 Å². The summed E-state index contributed by atoms with van der Waals surface area (Å²) < 4.78 is 5.50. The molecule has 23 heavy (non-hydrogen) atoms. The number of aryl methyl sites for hydroxylation is 1. The first-order chi connectivity index (χ1) is 10.7. The summed E-state index contributed by atoms with van der Waals surface area (Å²) in [5, 5.41) is 5.83. The van der Waals surface area contributed by atoms with Gasteiger partial charge in [-0.05, 0) is 33.8 Å². The average molecular weight is 321 g/mol. The average Bonchev–Trinajstić information content (AvgIpc) is 2.86. The van der Waals surface area contributed by atoms with Gasteiger partial charge < -0.3 is 26.0 Å². The van der Waals surface area contributed by atoms with Gasteiger partial charge in [-0.1, -0.05) is 0 Å². The number of pyridine rings is 1. The first-order valence-electron chi connectivity index (χ1n) is 7.88. The third-order valence-corrected chi connectivity index (χ3v) is 3.64. The number of hydrogen-bond acceptors (Lipinski definition) is 6. The zero-order chi connectivity index (χ0) is 17.2. The van der Waals surface area contributed by atoms with Crippen LogP contribution in [-0.4, -0.2) is 42.9 Å². The number of nitrogens with one attached hydrogen (secondary N) is 2. The van der Waals surface area contributed by atoms with E-state index in [4.69, 9.17) is 10.5 Å². The molecule has 2 heterocycles. The van der Waals surface area contributed by atoms with Crippen LogP contribution in [0.25, 0.3) is 0 Å². The molecule has 2 rings (SSSR count). The second kappa shape index (κ2) is 6.52. The highest BCUT2D eigenvalue weighted by molar-refractivity contribution is 5.79. The van der Waals surface area contributed by atoms with Gasteiger partial charge in [0.05, 0.1) is 17.9 Å². The van der Waals surface area contributed by atoms with Crippen LogP contribution in [-0.2, 0) is 4.74 Å². The highest BCUT2D eigenvalue weighted by atomic mass is 16.6. The zero-order valence-electron chi connectivity index (χ0n) is 14.6. The minimum atomic E-state index is -0.376. The quantitative estimate of drug-likeness (QED) is 0.790. The molecule has 7 nitrogen and oxygen atoms in total. The number of alkyl carbamates (subject to hydrolysis) is 1. The molecule has 0 radical (unpaired) electrons. The fraction of sp³-hybridized carbons (Fsp3) is 0.625. The van der Waals surface area contributed by atoms with Crippen LogP contribution in [0.4, 0.5) is 22.0 Å². The molecule has 0 spiro atoms. The topological polar surface area (TPSA) is 92.5 Å². The lowest BCUT2D eigenvalue weighted by atomic mass is 10.1. The van der Waals surface area contributed by atoms with E-state index in [2.05, 4.69) is 20.5 Å². The number of carbonyl (C=O) groups is 1. The first kappa shape index (κ1) is 17.2. The Morgan fingerprint density at radius 3 is 2.78 bits per heavy atom. The number of ether oxygens (including phenoxy) is 1. The Hall–Kier alpha value is -2.18. The smallest absolute Gasteiger partial charge is 0.407 e. The Morgan fingerprint density at radius 2 is 2.17 bits per heavy atom. The molecule has 1 aliphatic heterocycles. The Kier molecular flexibility index (Phi) is 4.87. The summed E-state index contributed by atoms with van der Waals surface area (Å²) in [6.07, 6.45) is 0.273. The molecule has 0 aromatic carbocycles. The molecule has 0 saturated carbocycles. The van der Waals surface area contributed by atoms with Gasteiger partial charge in [-0.2, -0.15) is 0 Å². The summed E-state index contributed by atoms with van der Waals surface area (Å²) in [6.45, 7) is 9.14. The molecule has 0 bridgehead atoms. The van der Waals surface area contributed by atoms with E-state index < -0.39 is 0 Å². The molecule has 1 unspecified atom stereocenters. The molecule has 7 heteroatoms. The summed E-state index contributed by atoms with van der Waals surface area (Å²) in [4.78, 5) is 18.4. The number of aromatic nitrogens is 1. The minimum absolute atomic E-state index is 0.136. The van der Waals surface area contributed by atoms with Gasteiger partial charge in [-0.25, -0.2) is 9.78 Å². The number of nitrogen functional groups attached to an aromatic ring is 1. The number of carbonyl (C=O) groups excluding carboxylic acids is 1. The van der Waals surface area contributed by atoms with Gasteiger partial charge >= 0.3 is 6.09 Å². The van der Waals surface area contributed by atoms with Crippen LogP contribution in [0.2, 0.25) is 0 Å². The van der Waals surface area contributed by atoms with Crippen LogP contribution >= 0.6 is 0 Å². The number of nitrogens with two attached hydrogens (primary N) is 1. The predicted molar refractivity (Wildman–Crippen MR) is 92.9 cm³/mol. The van der Waals surface area contributed by atoms with Crippen LogP contribution < -0.4 is 21.3 Å². The van der Waals surface area contributed by atoms with Gasteiger partial charge in [0, 0.05) is 31.2 Å². The summed E-state index contributed by atoms with van der Waals surface area (Å²) in [7, 11) is 1.80. The van der Waals surface area contributed by atoms with Crippen molar-refractivity contribution in [3.8, 4) is 0 Å². The van der Waals surface area contributed by atoms with Crippen molar-refractivity contribution < 1.29 is 9.53 Å². The first-order valence-corrected chi connectivity index (χ1v) is 7.88. The van der Waals surface area contributed by atoms with Crippen molar-refractivity contribution >= 4 is 23.3 Å². The van der Waals surface area contributed by atoms with Crippen molar-refractivity contribution in [1.29, 1.82) is 0 Å². The van der Waals surface area contributed by atoms with Crippen molar-refractivity contribution in [2.75, 3.05) is 36.1 Å². The van der Waals surface area contributed by atoms with Gasteiger partial charge in [0.15, 0.2) is 5.82 Å². The summed E-state index contributed by atoms with van der Waals surface area (Å²) in [6, 6.07) is 1.97. The van der Waals surface area contributed by atoms with E-state index in [0.29, 0.717) is 18.1 Å². The summed E-state index contributed by atoms with van der Waals surface area (Å²) in [5.74, 6) is 0.676. The minimum Gasteiger partial charge on any atom is -0.444 e. The molecule has 1 saturated heterocycles. The normalized spacial score (nSPS) is 18.0. The Labute approximate surface area is 137 Å². The molecule has 0 aliphatic carbocycles. The molecule has 1 fully saturated rings. The van der Waals surface area contributed by atoms with E-state index in [1.165, 1.54) is 0 Å². The van der Waals surface area contributed by atoms with Gasteiger partial charge in [0.1, 0.15) is 6.10 Å². The second-order valence-electron chi connectivity index (χ2n) is 6.93. The van der Waals surface area contributed by atoms with E-state index >= 15 is 0 Å². The predicted octanol–water partition coefficient (Wildman–Crippen LogP) is 2.12. The lowest BCUT2D eigenvalue weighted by Crippen LogP contribution is -2.42. The van der Waals surface area contributed by atoms with Gasteiger partial charge in [-0.3, -0.25) is 0 Å². The maximum atomic E-state index is 11.9. The molecular weight excluding hydrogens is 294 g/mol. The fourth-order valence-electron chi connectivity index (χ4n) is 2.65. The van der Waals surface area contributed by atoms with Crippen LogP contribution in [0.3, 0.4) is 0 Å². The van der Waals surface area contributed by atoms with Crippen molar-refractivity contribution in [2.45, 2.75) is 45.8 Å². The fourth-order valence-corrected chi connectivity index (χ4v) is 2.65. The van der Waals surface area contributed by atoms with E-state index in [0.717, 1.165) is 24.3 Å². The molecule has 4 N–H and O–H groups in total. The number of rotatable bonds is 3.